The van der Waals surface area contributed by atoms with Gasteiger partial charge in [0.25, 0.3) is 5.56 Å². The Labute approximate surface area is 118 Å². The number of hydrogen-bond acceptors (Lipinski definition) is 3. The largest absolute Gasteiger partial charge is 0.472 e. The van der Waals surface area contributed by atoms with Crippen LogP contribution in [0.5, 0.6) is 0 Å². The normalized spacial score (nSPS) is 17.4. The Morgan fingerprint density at radius 3 is 2.75 bits per heavy atom. The fraction of sp³-hybridized carbons (Fsp3) is 0.438. The van der Waals surface area contributed by atoms with Gasteiger partial charge in [0.2, 0.25) is 0 Å². The minimum atomic E-state index is 0.0864. The molecule has 0 bridgehead atoms. The van der Waals surface area contributed by atoms with E-state index in [0.717, 1.165) is 32.5 Å². The van der Waals surface area contributed by atoms with Gasteiger partial charge in [0.15, 0.2) is 0 Å². The van der Waals surface area contributed by atoms with Crippen molar-refractivity contribution in [2.75, 3.05) is 13.1 Å². The van der Waals surface area contributed by atoms with Crippen LogP contribution in [0.1, 0.15) is 29.9 Å². The maximum Gasteiger partial charge on any atom is 0.250 e. The lowest BCUT2D eigenvalue weighted by Crippen LogP contribution is -2.32. The van der Waals surface area contributed by atoms with Crippen molar-refractivity contribution in [3.05, 3.63) is 58.4 Å². The zero-order chi connectivity index (χ0) is 13.9. The van der Waals surface area contributed by atoms with E-state index in [1.54, 1.807) is 23.9 Å². The van der Waals surface area contributed by atoms with Crippen LogP contribution in [0.15, 0.2) is 46.1 Å². The standard InChI is InChI=1S/C16H20N2O2/c1-17-6-2-15(10-16(17)19)14-3-7-18(8-4-14)11-13-5-9-20-12-13/h2,5-6,9-10,12,14H,3-4,7-8,11H2,1H3. The van der Waals surface area contributed by atoms with Gasteiger partial charge in [-0.2, -0.15) is 0 Å². The minimum absolute atomic E-state index is 0.0864. The highest BCUT2D eigenvalue weighted by molar-refractivity contribution is 5.17. The quantitative estimate of drug-likeness (QED) is 0.861. The molecule has 0 spiro atoms. The number of pyridine rings is 1. The molecule has 1 fully saturated rings. The number of aromatic nitrogens is 1. The second-order valence-electron chi connectivity index (χ2n) is 5.59. The molecule has 0 N–H and O–H groups in total. The summed E-state index contributed by atoms with van der Waals surface area (Å²) in [7, 11) is 1.79. The molecular formula is C16H20N2O2. The average molecular weight is 272 g/mol. The molecule has 20 heavy (non-hydrogen) atoms. The van der Waals surface area contributed by atoms with Crippen LogP contribution < -0.4 is 5.56 Å². The molecule has 0 amide bonds. The third kappa shape index (κ3) is 2.85. The molecule has 2 aromatic heterocycles. The first kappa shape index (κ1) is 13.2. The fourth-order valence-electron chi connectivity index (χ4n) is 2.88. The number of rotatable bonds is 3. The first-order valence-electron chi connectivity index (χ1n) is 7.12. The maximum atomic E-state index is 11.7. The summed E-state index contributed by atoms with van der Waals surface area (Å²) in [6, 6.07) is 5.89. The number of hydrogen-bond donors (Lipinski definition) is 0. The van der Waals surface area contributed by atoms with Crippen LogP contribution >= 0.6 is 0 Å². The molecule has 0 saturated carbocycles. The highest BCUT2D eigenvalue weighted by Crippen LogP contribution is 2.27. The molecule has 106 valence electrons. The van der Waals surface area contributed by atoms with Crippen LogP contribution in [0.3, 0.4) is 0 Å². The number of aryl methyl sites for hydroxylation is 1. The Bertz CT molecular complexity index is 608. The molecule has 1 aliphatic heterocycles. The van der Waals surface area contributed by atoms with E-state index in [2.05, 4.69) is 11.0 Å². The van der Waals surface area contributed by atoms with Crippen LogP contribution in [0.25, 0.3) is 0 Å². The van der Waals surface area contributed by atoms with Crippen molar-refractivity contribution < 1.29 is 4.42 Å². The van der Waals surface area contributed by atoms with Crippen molar-refractivity contribution in [2.45, 2.75) is 25.3 Å². The predicted octanol–water partition coefficient (Wildman–Crippen LogP) is 2.36. The van der Waals surface area contributed by atoms with Crippen molar-refractivity contribution in [2.24, 2.45) is 7.05 Å². The van der Waals surface area contributed by atoms with Crippen LogP contribution in [-0.2, 0) is 13.6 Å². The summed E-state index contributed by atoms with van der Waals surface area (Å²) in [4.78, 5) is 14.1. The van der Waals surface area contributed by atoms with E-state index in [1.807, 2.05) is 18.5 Å². The number of piperidine rings is 1. The van der Waals surface area contributed by atoms with Crippen molar-refractivity contribution in [3.63, 3.8) is 0 Å². The Kier molecular flexibility index (Phi) is 3.74. The summed E-state index contributed by atoms with van der Waals surface area (Å²) in [5.74, 6) is 0.518. The van der Waals surface area contributed by atoms with Gasteiger partial charge in [-0.25, -0.2) is 0 Å². The monoisotopic (exact) mass is 272 g/mol. The Hall–Kier alpha value is -1.81. The fourth-order valence-corrected chi connectivity index (χ4v) is 2.88. The first-order chi connectivity index (χ1) is 9.72. The molecule has 4 heteroatoms. The molecule has 4 nitrogen and oxygen atoms in total. The second-order valence-corrected chi connectivity index (χ2v) is 5.59. The van der Waals surface area contributed by atoms with Gasteiger partial charge in [-0.05, 0) is 49.5 Å². The lowest BCUT2D eigenvalue weighted by molar-refractivity contribution is 0.204. The van der Waals surface area contributed by atoms with Crippen molar-refractivity contribution in [1.82, 2.24) is 9.47 Å². The van der Waals surface area contributed by atoms with Gasteiger partial charge >= 0.3 is 0 Å². The van der Waals surface area contributed by atoms with Gasteiger partial charge in [0.1, 0.15) is 0 Å². The van der Waals surface area contributed by atoms with E-state index >= 15 is 0 Å². The van der Waals surface area contributed by atoms with E-state index in [0.29, 0.717) is 5.92 Å². The molecule has 0 aromatic carbocycles. The SMILES string of the molecule is Cn1ccc(C2CCN(Cc3ccoc3)CC2)cc1=O. The van der Waals surface area contributed by atoms with Crippen molar-refractivity contribution in [1.29, 1.82) is 0 Å². The van der Waals surface area contributed by atoms with Gasteiger partial charge < -0.3 is 8.98 Å². The third-order valence-corrected chi connectivity index (χ3v) is 4.17. The molecule has 3 rings (SSSR count). The number of furan rings is 1. The number of likely N-dealkylation sites (tertiary alicyclic amines) is 1. The maximum absolute atomic E-state index is 11.7. The van der Waals surface area contributed by atoms with Gasteiger partial charge in [-0.15, -0.1) is 0 Å². The van der Waals surface area contributed by atoms with Gasteiger partial charge in [-0.3, -0.25) is 9.69 Å². The molecule has 0 unspecified atom stereocenters. The predicted molar refractivity (Wildman–Crippen MR) is 77.6 cm³/mol. The van der Waals surface area contributed by atoms with Crippen LogP contribution in [0, 0.1) is 0 Å². The highest BCUT2D eigenvalue weighted by atomic mass is 16.3. The van der Waals surface area contributed by atoms with Crippen LogP contribution in [-0.4, -0.2) is 22.6 Å². The molecule has 1 saturated heterocycles. The Morgan fingerprint density at radius 1 is 1.30 bits per heavy atom. The molecule has 3 heterocycles. The van der Waals surface area contributed by atoms with Gasteiger partial charge in [0.05, 0.1) is 12.5 Å². The summed E-state index contributed by atoms with van der Waals surface area (Å²) in [6.07, 6.45) is 7.64. The lowest BCUT2D eigenvalue weighted by Gasteiger charge is -2.31. The van der Waals surface area contributed by atoms with E-state index in [9.17, 15) is 4.79 Å². The van der Waals surface area contributed by atoms with Gasteiger partial charge in [0, 0.05) is 31.4 Å². The lowest BCUT2D eigenvalue weighted by atomic mass is 9.90. The molecule has 0 aliphatic carbocycles. The summed E-state index contributed by atoms with van der Waals surface area (Å²) >= 11 is 0. The van der Waals surface area contributed by atoms with E-state index in [-0.39, 0.29) is 5.56 Å². The third-order valence-electron chi connectivity index (χ3n) is 4.17. The summed E-state index contributed by atoms with van der Waals surface area (Å²) < 4.78 is 6.73. The zero-order valence-corrected chi connectivity index (χ0v) is 11.8. The van der Waals surface area contributed by atoms with E-state index < -0.39 is 0 Å². The molecule has 2 aromatic rings. The highest BCUT2D eigenvalue weighted by Gasteiger charge is 2.21. The average Bonchev–Trinajstić information content (AvgIpc) is 2.96. The van der Waals surface area contributed by atoms with Crippen LogP contribution in [0.2, 0.25) is 0 Å². The van der Waals surface area contributed by atoms with Crippen LogP contribution in [0.4, 0.5) is 0 Å². The zero-order valence-electron chi connectivity index (χ0n) is 11.8. The van der Waals surface area contributed by atoms with Gasteiger partial charge in [-0.1, -0.05) is 0 Å². The Balaban J connectivity index is 1.60. The topological polar surface area (TPSA) is 38.4 Å². The molecule has 0 radical (unpaired) electrons. The molecule has 0 atom stereocenters. The number of nitrogens with zero attached hydrogens (tertiary/aromatic N) is 2. The summed E-state index contributed by atoms with van der Waals surface area (Å²) in [6.45, 7) is 3.11. The molecule has 1 aliphatic rings. The molecular weight excluding hydrogens is 252 g/mol. The minimum Gasteiger partial charge on any atom is -0.472 e. The summed E-state index contributed by atoms with van der Waals surface area (Å²) in [5, 5.41) is 0. The Morgan fingerprint density at radius 2 is 2.10 bits per heavy atom. The summed E-state index contributed by atoms with van der Waals surface area (Å²) in [5.41, 5.74) is 2.51. The van der Waals surface area contributed by atoms with Crippen molar-refractivity contribution >= 4 is 0 Å². The first-order valence-corrected chi connectivity index (χ1v) is 7.12. The van der Waals surface area contributed by atoms with E-state index in [1.165, 1.54) is 11.1 Å². The smallest absolute Gasteiger partial charge is 0.250 e. The van der Waals surface area contributed by atoms with E-state index in [4.69, 9.17) is 4.42 Å². The van der Waals surface area contributed by atoms with Crippen molar-refractivity contribution in [3.8, 4) is 0 Å². The second kappa shape index (κ2) is 5.67.